The van der Waals surface area contributed by atoms with Gasteiger partial charge in [0.2, 0.25) is 5.13 Å². The van der Waals surface area contributed by atoms with E-state index in [0.29, 0.717) is 18.1 Å². The Balaban J connectivity index is 1.76. The van der Waals surface area contributed by atoms with Crippen LogP contribution in [0.5, 0.6) is 11.5 Å². The number of hydrazone groups is 1. The van der Waals surface area contributed by atoms with Crippen molar-refractivity contribution in [2.75, 3.05) is 12.5 Å². The normalized spacial score (nSPS) is 10.8. The van der Waals surface area contributed by atoms with Crippen LogP contribution in [0.3, 0.4) is 0 Å². The standard InChI is InChI=1S/C19H19N3O2S/c1-14-13-25-19(21-14)22-20-11-16-9-6-10-17(23-2)18(16)24-12-15-7-4-3-5-8-15/h3-11,13H,12H2,1-2H3,(H,21,22)/b20-11-. The van der Waals surface area contributed by atoms with Gasteiger partial charge in [0.15, 0.2) is 11.5 Å². The highest BCUT2D eigenvalue weighted by Gasteiger charge is 2.09. The zero-order valence-corrected chi connectivity index (χ0v) is 14.9. The lowest BCUT2D eigenvalue weighted by molar-refractivity contribution is 0.284. The van der Waals surface area contributed by atoms with Gasteiger partial charge in [-0.1, -0.05) is 36.4 Å². The molecule has 128 valence electrons. The number of aryl methyl sites for hydroxylation is 1. The number of ether oxygens (including phenoxy) is 2. The lowest BCUT2D eigenvalue weighted by atomic mass is 10.2. The Labute approximate surface area is 151 Å². The molecule has 0 radical (unpaired) electrons. The molecule has 2 aromatic carbocycles. The topological polar surface area (TPSA) is 55.7 Å². The van der Waals surface area contributed by atoms with Gasteiger partial charge in [-0.2, -0.15) is 5.10 Å². The summed E-state index contributed by atoms with van der Waals surface area (Å²) in [6.45, 7) is 2.41. The molecule has 0 spiro atoms. The Hall–Kier alpha value is -2.86. The number of methoxy groups -OCH3 is 1. The third kappa shape index (κ3) is 4.58. The zero-order chi connectivity index (χ0) is 17.5. The van der Waals surface area contributed by atoms with Gasteiger partial charge in [0.05, 0.1) is 19.0 Å². The van der Waals surface area contributed by atoms with Crippen molar-refractivity contribution in [2.24, 2.45) is 5.10 Å². The highest BCUT2D eigenvalue weighted by Crippen LogP contribution is 2.31. The van der Waals surface area contributed by atoms with Gasteiger partial charge in [-0.05, 0) is 24.6 Å². The van der Waals surface area contributed by atoms with E-state index < -0.39 is 0 Å². The predicted molar refractivity (Wildman–Crippen MR) is 102 cm³/mol. The van der Waals surface area contributed by atoms with Gasteiger partial charge in [-0.15, -0.1) is 11.3 Å². The molecule has 3 aromatic rings. The quantitative estimate of drug-likeness (QED) is 0.502. The van der Waals surface area contributed by atoms with Crippen LogP contribution in [0.15, 0.2) is 59.0 Å². The number of thiazole rings is 1. The monoisotopic (exact) mass is 353 g/mol. The molecule has 0 fully saturated rings. The van der Waals surface area contributed by atoms with E-state index in [-0.39, 0.29) is 0 Å². The summed E-state index contributed by atoms with van der Waals surface area (Å²) >= 11 is 1.51. The van der Waals surface area contributed by atoms with Crippen LogP contribution < -0.4 is 14.9 Å². The van der Waals surface area contributed by atoms with Gasteiger partial charge in [0.25, 0.3) is 0 Å². The summed E-state index contributed by atoms with van der Waals surface area (Å²) in [7, 11) is 1.63. The fourth-order valence-corrected chi connectivity index (χ4v) is 2.88. The Morgan fingerprint density at radius 1 is 1.16 bits per heavy atom. The number of hydrogen-bond donors (Lipinski definition) is 1. The number of hydrogen-bond acceptors (Lipinski definition) is 6. The van der Waals surface area contributed by atoms with Gasteiger partial charge >= 0.3 is 0 Å². The molecule has 1 N–H and O–H groups in total. The SMILES string of the molecule is COc1cccc(/C=N\Nc2nc(C)cs2)c1OCc1ccccc1. The average Bonchev–Trinajstić information content (AvgIpc) is 3.06. The van der Waals surface area contributed by atoms with Crippen molar-refractivity contribution in [3.05, 3.63) is 70.7 Å². The molecule has 25 heavy (non-hydrogen) atoms. The molecule has 5 nitrogen and oxygen atoms in total. The van der Waals surface area contributed by atoms with E-state index in [9.17, 15) is 0 Å². The summed E-state index contributed by atoms with van der Waals surface area (Å²) in [4.78, 5) is 4.31. The van der Waals surface area contributed by atoms with Crippen LogP contribution in [0.2, 0.25) is 0 Å². The number of para-hydroxylation sites is 1. The predicted octanol–water partition coefficient (Wildman–Crippen LogP) is 4.49. The highest BCUT2D eigenvalue weighted by atomic mass is 32.1. The first-order chi connectivity index (χ1) is 12.3. The maximum atomic E-state index is 6.00. The second kappa shape index (κ2) is 8.30. The van der Waals surface area contributed by atoms with Gasteiger partial charge < -0.3 is 9.47 Å². The van der Waals surface area contributed by atoms with Crippen LogP contribution in [0.25, 0.3) is 0 Å². The number of nitrogens with zero attached hydrogens (tertiary/aromatic N) is 2. The summed E-state index contributed by atoms with van der Waals surface area (Å²) in [5.74, 6) is 1.33. The van der Waals surface area contributed by atoms with Crippen molar-refractivity contribution >= 4 is 22.7 Å². The summed E-state index contributed by atoms with van der Waals surface area (Å²) < 4.78 is 11.4. The summed E-state index contributed by atoms with van der Waals surface area (Å²) in [6.07, 6.45) is 1.71. The molecule has 1 heterocycles. The first kappa shape index (κ1) is 17.0. The third-order valence-corrected chi connectivity index (χ3v) is 4.30. The van der Waals surface area contributed by atoms with Crippen LogP contribution in [-0.4, -0.2) is 18.3 Å². The van der Waals surface area contributed by atoms with E-state index in [2.05, 4.69) is 15.5 Å². The minimum Gasteiger partial charge on any atom is -0.493 e. The first-order valence-electron chi connectivity index (χ1n) is 7.81. The minimum absolute atomic E-state index is 0.459. The summed E-state index contributed by atoms with van der Waals surface area (Å²) in [5, 5.41) is 6.98. The van der Waals surface area contributed by atoms with Crippen molar-refractivity contribution in [3.8, 4) is 11.5 Å². The van der Waals surface area contributed by atoms with Gasteiger partial charge in [-0.3, -0.25) is 5.43 Å². The molecule has 0 bridgehead atoms. The molecule has 0 aliphatic carbocycles. The van der Waals surface area contributed by atoms with Crippen molar-refractivity contribution in [1.29, 1.82) is 0 Å². The first-order valence-corrected chi connectivity index (χ1v) is 8.69. The zero-order valence-electron chi connectivity index (χ0n) is 14.1. The molecule has 0 aliphatic rings. The van der Waals surface area contributed by atoms with Crippen molar-refractivity contribution < 1.29 is 9.47 Å². The van der Waals surface area contributed by atoms with E-state index in [1.54, 1.807) is 13.3 Å². The van der Waals surface area contributed by atoms with E-state index in [1.807, 2.05) is 60.8 Å². The molecule has 0 atom stereocenters. The highest BCUT2D eigenvalue weighted by molar-refractivity contribution is 7.13. The lowest BCUT2D eigenvalue weighted by Crippen LogP contribution is -2.01. The molecule has 0 unspecified atom stereocenters. The molecule has 1 aromatic heterocycles. The smallest absolute Gasteiger partial charge is 0.203 e. The summed E-state index contributed by atoms with van der Waals surface area (Å²) in [5.41, 5.74) is 5.82. The maximum absolute atomic E-state index is 6.00. The molecule has 6 heteroatoms. The van der Waals surface area contributed by atoms with Crippen LogP contribution in [-0.2, 0) is 6.61 Å². The number of rotatable bonds is 7. The van der Waals surface area contributed by atoms with Crippen LogP contribution >= 0.6 is 11.3 Å². The van der Waals surface area contributed by atoms with Gasteiger partial charge in [0, 0.05) is 10.9 Å². The molecular weight excluding hydrogens is 334 g/mol. The second-order valence-corrected chi connectivity index (χ2v) is 6.18. The average molecular weight is 353 g/mol. The van der Waals surface area contributed by atoms with E-state index in [4.69, 9.17) is 9.47 Å². The second-order valence-electron chi connectivity index (χ2n) is 5.32. The molecule has 0 amide bonds. The minimum atomic E-state index is 0.459. The largest absolute Gasteiger partial charge is 0.493 e. The van der Waals surface area contributed by atoms with Crippen molar-refractivity contribution in [2.45, 2.75) is 13.5 Å². The maximum Gasteiger partial charge on any atom is 0.203 e. The van der Waals surface area contributed by atoms with Gasteiger partial charge in [-0.25, -0.2) is 4.98 Å². The number of anilines is 1. The van der Waals surface area contributed by atoms with E-state index >= 15 is 0 Å². The Kier molecular flexibility index (Phi) is 5.64. The Bertz CT molecular complexity index is 847. The number of benzene rings is 2. The van der Waals surface area contributed by atoms with Crippen molar-refractivity contribution in [1.82, 2.24) is 4.98 Å². The number of nitrogens with one attached hydrogen (secondary N) is 1. The molecule has 0 saturated carbocycles. The van der Waals surface area contributed by atoms with Crippen LogP contribution in [0.4, 0.5) is 5.13 Å². The lowest BCUT2D eigenvalue weighted by Gasteiger charge is -2.13. The molecule has 0 aliphatic heterocycles. The van der Waals surface area contributed by atoms with Crippen LogP contribution in [0, 0.1) is 6.92 Å². The molecule has 3 rings (SSSR count). The van der Waals surface area contributed by atoms with Gasteiger partial charge in [0.1, 0.15) is 6.61 Å². The third-order valence-electron chi connectivity index (χ3n) is 3.44. The van der Waals surface area contributed by atoms with E-state index in [1.165, 1.54) is 11.3 Å². The Morgan fingerprint density at radius 2 is 2.00 bits per heavy atom. The van der Waals surface area contributed by atoms with Crippen molar-refractivity contribution in [3.63, 3.8) is 0 Å². The summed E-state index contributed by atoms with van der Waals surface area (Å²) in [6, 6.07) is 15.7. The molecule has 0 saturated heterocycles. The van der Waals surface area contributed by atoms with E-state index in [0.717, 1.165) is 22.0 Å². The fraction of sp³-hybridized carbons (Fsp3) is 0.158. The Morgan fingerprint density at radius 3 is 2.72 bits per heavy atom. The van der Waals surface area contributed by atoms with Crippen LogP contribution in [0.1, 0.15) is 16.8 Å². The fourth-order valence-electron chi connectivity index (χ4n) is 2.24. The number of aromatic nitrogens is 1. The molecular formula is C19H19N3O2S.